The highest BCUT2D eigenvalue weighted by atomic mass is 16.5. The molecule has 0 aliphatic carbocycles. The first-order valence-electron chi connectivity index (χ1n) is 5.84. The van der Waals surface area contributed by atoms with Gasteiger partial charge < -0.3 is 19.9 Å². The Labute approximate surface area is 103 Å². The summed E-state index contributed by atoms with van der Waals surface area (Å²) in [6, 6.07) is 3.95. The molecule has 0 aliphatic heterocycles. The molecule has 0 radical (unpaired) electrons. The van der Waals surface area contributed by atoms with E-state index in [1.165, 1.54) is 0 Å². The summed E-state index contributed by atoms with van der Waals surface area (Å²) in [7, 11) is 3.26. The van der Waals surface area contributed by atoms with E-state index in [1.807, 2.05) is 19.1 Å². The quantitative estimate of drug-likeness (QED) is 0.790. The lowest BCUT2D eigenvalue weighted by Crippen LogP contribution is -2.03. The van der Waals surface area contributed by atoms with Crippen molar-refractivity contribution in [3.8, 4) is 17.2 Å². The Balaban J connectivity index is 3.05. The molecule has 0 aromatic heterocycles. The lowest BCUT2D eigenvalue weighted by atomic mass is 10.1. The average Bonchev–Trinajstić information content (AvgIpc) is 2.37. The zero-order valence-electron chi connectivity index (χ0n) is 10.8. The van der Waals surface area contributed by atoms with Gasteiger partial charge in [0.2, 0.25) is 5.75 Å². The summed E-state index contributed by atoms with van der Waals surface area (Å²) in [6.45, 7) is 3.19. The zero-order chi connectivity index (χ0) is 12.7. The summed E-state index contributed by atoms with van der Waals surface area (Å²) in [6.07, 6.45) is 1.86. The Hall–Kier alpha value is -1.42. The molecule has 0 unspecified atom stereocenters. The monoisotopic (exact) mass is 239 g/mol. The number of rotatable bonds is 7. The predicted molar refractivity (Wildman–Crippen MR) is 68.1 cm³/mol. The molecule has 0 saturated heterocycles. The van der Waals surface area contributed by atoms with Crippen LogP contribution in [-0.2, 0) is 6.42 Å². The topological polar surface area (TPSA) is 53.7 Å². The van der Waals surface area contributed by atoms with E-state index >= 15 is 0 Å². The van der Waals surface area contributed by atoms with Crippen LogP contribution in [0, 0.1) is 0 Å². The van der Waals surface area contributed by atoms with Gasteiger partial charge in [-0.05, 0) is 44.0 Å². The first kappa shape index (κ1) is 13.6. The van der Waals surface area contributed by atoms with E-state index in [0.29, 0.717) is 30.4 Å². The summed E-state index contributed by atoms with van der Waals surface area (Å²) >= 11 is 0. The van der Waals surface area contributed by atoms with Crippen LogP contribution in [0.3, 0.4) is 0 Å². The number of benzene rings is 1. The van der Waals surface area contributed by atoms with E-state index < -0.39 is 0 Å². The van der Waals surface area contributed by atoms with Crippen LogP contribution in [0.2, 0.25) is 0 Å². The third-order valence-corrected chi connectivity index (χ3v) is 2.48. The normalized spacial score (nSPS) is 10.1. The van der Waals surface area contributed by atoms with Gasteiger partial charge in [-0.15, -0.1) is 0 Å². The summed E-state index contributed by atoms with van der Waals surface area (Å²) < 4.78 is 16.2. The van der Waals surface area contributed by atoms with E-state index in [4.69, 9.17) is 19.9 Å². The fourth-order valence-corrected chi connectivity index (χ4v) is 1.67. The van der Waals surface area contributed by atoms with Gasteiger partial charge in [0.15, 0.2) is 11.5 Å². The number of methoxy groups -OCH3 is 2. The molecule has 0 saturated carbocycles. The molecular formula is C13H21NO3. The molecule has 1 aromatic carbocycles. The molecule has 1 aromatic rings. The van der Waals surface area contributed by atoms with E-state index in [0.717, 1.165) is 18.4 Å². The van der Waals surface area contributed by atoms with Crippen LogP contribution < -0.4 is 19.9 Å². The van der Waals surface area contributed by atoms with Crippen molar-refractivity contribution in [1.29, 1.82) is 0 Å². The SMILES string of the molecule is CCOc1c(OC)cc(CCCN)cc1OC. The molecular weight excluding hydrogens is 218 g/mol. The van der Waals surface area contributed by atoms with Gasteiger partial charge in [-0.3, -0.25) is 0 Å². The van der Waals surface area contributed by atoms with Gasteiger partial charge in [-0.25, -0.2) is 0 Å². The van der Waals surface area contributed by atoms with Crippen molar-refractivity contribution in [3.05, 3.63) is 17.7 Å². The Kier molecular flexibility index (Phi) is 5.63. The average molecular weight is 239 g/mol. The first-order valence-corrected chi connectivity index (χ1v) is 5.84. The molecule has 17 heavy (non-hydrogen) atoms. The van der Waals surface area contributed by atoms with Crippen molar-refractivity contribution < 1.29 is 14.2 Å². The number of ether oxygens (including phenoxy) is 3. The maximum atomic E-state index is 5.53. The standard InChI is InChI=1S/C13H21NO3/c1-4-17-13-11(15-2)8-10(6-5-7-14)9-12(13)16-3/h8-9H,4-7,14H2,1-3H3. The van der Waals surface area contributed by atoms with Crippen molar-refractivity contribution in [2.45, 2.75) is 19.8 Å². The van der Waals surface area contributed by atoms with E-state index in [1.54, 1.807) is 14.2 Å². The Morgan fingerprint density at radius 2 is 1.71 bits per heavy atom. The molecule has 4 heteroatoms. The second-order valence-corrected chi connectivity index (χ2v) is 3.65. The van der Waals surface area contributed by atoms with Crippen LogP contribution >= 0.6 is 0 Å². The van der Waals surface area contributed by atoms with Crippen molar-refractivity contribution >= 4 is 0 Å². The minimum absolute atomic E-state index is 0.578. The number of hydrogen-bond donors (Lipinski definition) is 1. The zero-order valence-corrected chi connectivity index (χ0v) is 10.8. The van der Waals surface area contributed by atoms with E-state index in [2.05, 4.69) is 0 Å². The second kappa shape index (κ2) is 7.01. The van der Waals surface area contributed by atoms with Crippen LogP contribution in [0.5, 0.6) is 17.2 Å². The van der Waals surface area contributed by atoms with Crippen LogP contribution in [0.1, 0.15) is 18.9 Å². The highest BCUT2D eigenvalue weighted by Gasteiger charge is 2.13. The Bertz CT molecular complexity index is 328. The first-order chi connectivity index (χ1) is 8.26. The van der Waals surface area contributed by atoms with Crippen LogP contribution in [-0.4, -0.2) is 27.4 Å². The fraction of sp³-hybridized carbons (Fsp3) is 0.538. The molecule has 96 valence electrons. The molecule has 0 amide bonds. The largest absolute Gasteiger partial charge is 0.493 e. The summed E-state index contributed by atoms with van der Waals surface area (Å²) in [5.41, 5.74) is 6.65. The maximum absolute atomic E-state index is 5.53. The minimum Gasteiger partial charge on any atom is -0.493 e. The van der Waals surface area contributed by atoms with Crippen LogP contribution in [0.4, 0.5) is 0 Å². The summed E-state index contributed by atoms with van der Waals surface area (Å²) in [4.78, 5) is 0. The molecule has 0 atom stereocenters. The summed E-state index contributed by atoms with van der Waals surface area (Å²) in [5, 5.41) is 0. The molecule has 2 N–H and O–H groups in total. The van der Waals surface area contributed by atoms with Gasteiger partial charge in [0.05, 0.1) is 20.8 Å². The lowest BCUT2D eigenvalue weighted by molar-refractivity contribution is 0.288. The highest BCUT2D eigenvalue weighted by molar-refractivity contribution is 5.53. The van der Waals surface area contributed by atoms with Gasteiger partial charge in [0.1, 0.15) is 0 Å². The third-order valence-electron chi connectivity index (χ3n) is 2.48. The highest BCUT2D eigenvalue weighted by Crippen LogP contribution is 2.38. The van der Waals surface area contributed by atoms with Gasteiger partial charge >= 0.3 is 0 Å². The Morgan fingerprint density at radius 1 is 1.12 bits per heavy atom. The smallest absolute Gasteiger partial charge is 0.203 e. The van der Waals surface area contributed by atoms with Gasteiger partial charge in [0, 0.05) is 0 Å². The molecule has 1 rings (SSSR count). The molecule has 0 heterocycles. The molecule has 4 nitrogen and oxygen atoms in total. The molecule has 0 aliphatic rings. The van der Waals surface area contributed by atoms with Crippen molar-refractivity contribution in [3.63, 3.8) is 0 Å². The molecule has 0 bridgehead atoms. The van der Waals surface area contributed by atoms with Crippen molar-refractivity contribution in [2.75, 3.05) is 27.4 Å². The third kappa shape index (κ3) is 3.53. The van der Waals surface area contributed by atoms with Crippen LogP contribution in [0.25, 0.3) is 0 Å². The van der Waals surface area contributed by atoms with Gasteiger partial charge in [-0.1, -0.05) is 0 Å². The van der Waals surface area contributed by atoms with E-state index in [-0.39, 0.29) is 0 Å². The lowest BCUT2D eigenvalue weighted by Gasteiger charge is -2.15. The van der Waals surface area contributed by atoms with Crippen LogP contribution in [0.15, 0.2) is 12.1 Å². The van der Waals surface area contributed by atoms with Gasteiger partial charge in [0.25, 0.3) is 0 Å². The van der Waals surface area contributed by atoms with Crippen molar-refractivity contribution in [2.24, 2.45) is 5.73 Å². The van der Waals surface area contributed by atoms with Crippen molar-refractivity contribution in [1.82, 2.24) is 0 Å². The predicted octanol–water partition coefficient (Wildman–Crippen LogP) is 1.99. The Morgan fingerprint density at radius 3 is 2.12 bits per heavy atom. The number of hydrogen-bond acceptors (Lipinski definition) is 4. The van der Waals surface area contributed by atoms with E-state index in [9.17, 15) is 0 Å². The summed E-state index contributed by atoms with van der Waals surface area (Å²) in [5.74, 6) is 2.07. The number of nitrogens with two attached hydrogens (primary N) is 1. The molecule has 0 spiro atoms. The molecule has 0 fully saturated rings. The minimum atomic E-state index is 0.578. The van der Waals surface area contributed by atoms with Gasteiger partial charge in [-0.2, -0.15) is 0 Å². The second-order valence-electron chi connectivity index (χ2n) is 3.65. The maximum Gasteiger partial charge on any atom is 0.203 e. The fourth-order valence-electron chi connectivity index (χ4n) is 1.67. The number of aryl methyl sites for hydroxylation is 1.